The first kappa shape index (κ1) is 13.2. The van der Waals surface area contributed by atoms with Gasteiger partial charge < -0.3 is 10.1 Å². The summed E-state index contributed by atoms with van der Waals surface area (Å²) in [6.07, 6.45) is 2.01. The summed E-state index contributed by atoms with van der Waals surface area (Å²) >= 11 is 0. The molecule has 0 amide bonds. The molecule has 1 atom stereocenters. The van der Waals surface area contributed by atoms with Gasteiger partial charge in [-0.15, -0.1) is 0 Å². The number of aromatic nitrogens is 2. The van der Waals surface area contributed by atoms with Crippen LogP contribution in [0.3, 0.4) is 0 Å². The maximum atomic E-state index is 5.10. The lowest BCUT2D eigenvalue weighted by atomic mass is 10.2. The highest BCUT2D eigenvalue weighted by molar-refractivity contribution is 4.99. The molecule has 16 heavy (non-hydrogen) atoms. The summed E-state index contributed by atoms with van der Waals surface area (Å²) in [5, 5.41) is 7.88. The minimum absolute atomic E-state index is 0.295. The highest BCUT2D eigenvalue weighted by atomic mass is 16.5. The summed E-state index contributed by atoms with van der Waals surface area (Å²) in [4.78, 5) is 0. The highest BCUT2D eigenvalue weighted by Gasteiger charge is 2.06. The molecule has 0 bridgehead atoms. The zero-order valence-electron chi connectivity index (χ0n) is 10.7. The van der Waals surface area contributed by atoms with Gasteiger partial charge >= 0.3 is 0 Å². The van der Waals surface area contributed by atoms with Gasteiger partial charge in [0.25, 0.3) is 0 Å². The summed E-state index contributed by atoms with van der Waals surface area (Å²) in [6.45, 7) is 9.06. The lowest BCUT2D eigenvalue weighted by molar-refractivity contribution is 0.156. The smallest absolute Gasteiger partial charge is 0.0762 e. The first-order valence-electron chi connectivity index (χ1n) is 5.87. The maximum absolute atomic E-state index is 5.10. The van der Waals surface area contributed by atoms with Crippen molar-refractivity contribution in [1.29, 1.82) is 0 Å². The Kier molecular flexibility index (Phi) is 5.49. The molecule has 92 valence electrons. The second-order valence-electron chi connectivity index (χ2n) is 4.62. The predicted octanol–water partition coefficient (Wildman–Crippen LogP) is 1.84. The van der Waals surface area contributed by atoms with Crippen LogP contribution in [0.25, 0.3) is 0 Å². The molecular weight excluding hydrogens is 202 g/mol. The average molecular weight is 225 g/mol. The molecule has 0 saturated heterocycles. The number of rotatable bonds is 7. The van der Waals surface area contributed by atoms with Crippen molar-refractivity contribution >= 4 is 0 Å². The fourth-order valence-corrected chi connectivity index (χ4v) is 1.52. The molecule has 0 radical (unpaired) electrons. The minimum Gasteiger partial charge on any atom is -0.382 e. The van der Waals surface area contributed by atoms with Gasteiger partial charge in [0.05, 0.1) is 18.3 Å². The standard InChI is InChI=1S/C12H23N3O/c1-10(2)7-13-8-12-5-6-15(14-12)11(3)9-16-4/h5-6,10-11,13H,7-9H2,1-4H3. The molecule has 1 aromatic heterocycles. The van der Waals surface area contributed by atoms with Gasteiger partial charge in [-0.25, -0.2) is 0 Å². The van der Waals surface area contributed by atoms with Gasteiger partial charge in [0.15, 0.2) is 0 Å². The second kappa shape index (κ2) is 6.66. The van der Waals surface area contributed by atoms with Crippen LogP contribution < -0.4 is 5.32 Å². The van der Waals surface area contributed by atoms with E-state index in [4.69, 9.17) is 4.74 Å². The average Bonchev–Trinajstić information content (AvgIpc) is 2.66. The Morgan fingerprint density at radius 2 is 2.19 bits per heavy atom. The van der Waals surface area contributed by atoms with E-state index in [9.17, 15) is 0 Å². The fourth-order valence-electron chi connectivity index (χ4n) is 1.52. The number of ether oxygens (including phenoxy) is 1. The first-order chi connectivity index (χ1) is 7.63. The van der Waals surface area contributed by atoms with E-state index in [1.807, 2.05) is 10.9 Å². The number of nitrogens with one attached hydrogen (secondary N) is 1. The van der Waals surface area contributed by atoms with Crippen LogP contribution in [-0.4, -0.2) is 30.0 Å². The van der Waals surface area contributed by atoms with E-state index in [1.54, 1.807) is 7.11 Å². The van der Waals surface area contributed by atoms with Gasteiger partial charge in [0, 0.05) is 19.9 Å². The van der Waals surface area contributed by atoms with E-state index in [0.29, 0.717) is 18.6 Å². The van der Waals surface area contributed by atoms with Gasteiger partial charge in [-0.3, -0.25) is 4.68 Å². The van der Waals surface area contributed by atoms with E-state index >= 15 is 0 Å². The van der Waals surface area contributed by atoms with Crippen LogP contribution in [0.15, 0.2) is 12.3 Å². The van der Waals surface area contributed by atoms with Crippen molar-refractivity contribution in [3.8, 4) is 0 Å². The Balaban J connectivity index is 2.39. The molecule has 0 aliphatic rings. The van der Waals surface area contributed by atoms with Crippen LogP contribution in [0.4, 0.5) is 0 Å². The number of hydrogen-bond donors (Lipinski definition) is 1. The molecule has 0 aromatic carbocycles. The van der Waals surface area contributed by atoms with Gasteiger partial charge in [-0.05, 0) is 25.5 Å². The van der Waals surface area contributed by atoms with Gasteiger partial charge in [-0.2, -0.15) is 5.10 Å². The number of nitrogens with zero attached hydrogens (tertiary/aromatic N) is 2. The maximum Gasteiger partial charge on any atom is 0.0762 e. The summed E-state index contributed by atoms with van der Waals surface area (Å²) < 4.78 is 7.06. The molecule has 1 rings (SSSR count). The Morgan fingerprint density at radius 3 is 2.81 bits per heavy atom. The third-order valence-electron chi connectivity index (χ3n) is 2.38. The van der Waals surface area contributed by atoms with Crippen molar-refractivity contribution in [2.45, 2.75) is 33.4 Å². The Bertz CT molecular complexity index is 296. The molecular formula is C12H23N3O. The van der Waals surface area contributed by atoms with Gasteiger partial charge in [-0.1, -0.05) is 13.8 Å². The topological polar surface area (TPSA) is 39.1 Å². The van der Waals surface area contributed by atoms with E-state index in [0.717, 1.165) is 18.8 Å². The fraction of sp³-hybridized carbons (Fsp3) is 0.750. The summed E-state index contributed by atoms with van der Waals surface area (Å²) in [5.74, 6) is 0.675. The summed E-state index contributed by atoms with van der Waals surface area (Å²) in [7, 11) is 1.71. The first-order valence-corrected chi connectivity index (χ1v) is 5.87. The normalized spacial score (nSPS) is 13.3. The van der Waals surface area contributed by atoms with Crippen molar-refractivity contribution in [2.24, 2.45) is 5.92 Å². The summed E-state index contributed by atoms with van der Waals surface area (Å²) in [5.41, 5.74) is 1.09. The molecule has 4 nitrogen and oxygen atoms in total. The molecule has 0 aliphatic heterocycles. The Hall–Kier alpha value is -0.870. The zero-order valence-corrected chi connectivity index (χ0v) is 10.7. The van der Waals surface area contributed by atoms with Crippen molar-refractivity contribution in [1.82, 2.24) is 15.1 Å². The van der Waals surface area contributed by atoms with E-state index < -0.39 is 0 Å². The van der Waals surface area contributed by atoms with E-state index in [1.165, 1.54) is 0 Å². The predicted molar refractivity (Wildman–Crippen MR) is 65.4 cm³/mol. The molecule has 0 aliphatic carbocycles. The quantitative estimate of drug-likeness (QED) is 0.769. The summed E-state index contributed by atoms with van der Waals surface area (Å²) in [6, 6.07) is 2.35. The van der Waals surface area contributed by atoms with Crippen LogP contribution >= 0.6 is 0 Å². The van der Waals surface area contributed by atoms with Crippen LogP contribution in [0.5, 0.6) is 0 Å². The largest absolute Gasteiger partial charge is 0.382 e. The molecule has 1 N–H and O–H groups in total. The van der Waals surface area contributed by atoms with Crippen LogP contribution in [0.1, 0.15) is 32.5 Å². The van der Waals surface area contributed by atoms with Crippen LogP contribution in [0, 0.1) is 5.92 Å². The lowest BCUT2D eigenvalue weighted by Crippen LogP contribution is -2.19. The molecule has 4 heteroatoms. The van der Waals surface area contributed by atoms with Gasteiger partial charge in [0.1, 0.15) is 0 Å². The zero-order chi connectivity index (χ0) is 12.0. The number of methoxy groups -OCH3 is 1. The second-order valence-corrected chi connectivity index (χ2v) is 4.62. The molecule has 0 spiro atoms. The molecule has 0 saturated carbocycles. The minimum atomic E-state index is 0.295. The highest BCUT2D eigenvalue weighted by Crippen LogP contribution is 2.05. The van der Waals surface area contributed by atoms with Crippen molar-refractivity contribution in [2.75, 3.05) is 20.3 Å². The van der Waals surface area contributed by atoms with E-state index in [2.05, 4.69) is 37.3 Å². The van der Waals surface area contributed by atoms with Crippen LogP contribution in [0.2, 0.25) is 0 Å². The van der Waals surface area contributed by atoms with Gasteiger partial charge in [0.2, 0.25) is 0 Å². The van der Waals surface area contributed by atoms with Crippen molar-refractivity contribution < 1.29 is 4.74 Å². The molecule has 1 heterocycles. The molecule has 0 fully saturated rings. The van der Waals surface area contributed by atoms with Crippen LogP contribution in [-0.2, 0) is 11.3 Å². The van der Waals surface area contributed by atoms with Crippen molar-refractivity contribution in [3.63, 3.8) is 0 Å². The third kappa shape index (κ3) is 4.33. The molecule has 1 unspecified atom stereocenters. The van der Waals surface area contributed by atoms with E-state index in [-0.39, 0.29) is 0 Å². The Morgan fingerprint density at radius 1 is 1.44 bits per heavy atom. The molecule has 1 aromatic rings. The third-order valence-corrected chi connectivity index (χ3v) is 2.38. The lowest BCUT2D eigenvalue weighted by Gasteiger charge is -2.10. The monoisotopic (exact) mass is 225 g/mol. The number of hydrogen-bond acceptors (Lipinski definition) is 3. The Labute approximate surface area is 98.0 Å². The SMILES string of the molecule is COCC(C)n1ccc(CNCC(C)C)n1. The van der Waals surface area contributed by atoms with Crippen molar-refractivity contribution in [3.05, 3.63) is 18.0 Å².